The minimum Gasteiger partial charge on any atom is -0.508 e. The predicted molar refractivity (Wildman–Crippen MR) is 162 cm³/mol. The van der Waals surface area contributed by atoms with Crippen LogP contribution in [0.25, 0.3) is 6.08 Å². The van der Waals surface area contributed by atoms with Gasteiger partial charge in [0.25, 0.3) is 5.91 Å². The average Bonchev–Trinajstić information content (AvgIpc) is 3.58. The third-order valence-corrected chi connectivity index (χ3v) is 7.49. The monoisotopic (exact) mass is 607 g/mol. The number of halogens is 2. The Kier molecular flexibility index (Phi) is 8.98. The number of hydrogen-bond donors (Lipinski definition) is 1. The van der Waals surface area contributed by atoms with Crippen LogP contribution in [0.2, 0.25) is 10.0 Å². The van der Waals surface area contributed by atoms with Gasteiger partial charge in [-0.3, -0.25) is 9.69 Å². The first-order valence-corrected chi connectivity index (χ1v) is 13.9. The maximum Gasteiger partial charge on any atom is 0.267 e. The summed E-state index contributed by atoms with van der Waals surface area (Å²) in [5.74, 6) is 1.56. The number of phenolic OH excluding ortho intramolecular Hbond substituents is 1. The molecule has 1 amide bonds. The molecule has 1 fully saturated rings. The predicted octanol–water partition coefficient (Wildman–Crippen LogP) is 7.39. The van der Waals surface area contributed by atoms with Crippen LogP contribution in [-0.2, 0) is 17.9 Å². The van der Waals surface area contributed by atoms with E-state index in [4.69, 9.17) is 37.1 Å². The molecule has 0 spiro atoms. The van der Waals surface area contributed by atoms with Gasteiger partial charge in [-0.05, 0) is 89.6 Å². The average molecular weight is 609 g/mol. The van der Waals surface area contributed by atoms with E-state index in [9.17, 15) is 9.90 Å². The molecule has 4 aromatic rings. The molecule has 1 N–H and O–H groups in total. The third-order valence-electron chi connectivity index (χ3n) is 5.91. The lowest BCUT2D eigenvalue weighted by Crippen LogP contribution is -2.28. The number of rotatable bonds is 9. The Morgan fingerprint density at radius 2 is 1.83 bits per heavy atom. The van der Waals surface area contributed by atoms with Gasteiger partial charge in [-0.25, -0.2) is 0 Å². The van der Waals surface area contributed by atoms with Crippen molar-refractivity contribution in [1.82, 2.24) is 4.90 Å². The van der Waals surface area contributed by atoms with Crippen LogP contribution in [0.15, 0.2) is 98.6 Å². The van der Waals surface area contributed by atoms with E-state index in [0.717, 1.165) is 16.7 Å². The van der Waals surface area contributed by atoms with Gasteiger partial charge in [0.15, 0.2) is 16.7 Å². The number of carbonyl (C=O) groups excluding carboxylic acids is 1. The molecule has 8 nitrogen and oxygen atoms in total. The number of furan rings is 1. The molecular weight excluding hydrogens is 585 g/mol. The van der Waals surface area contributed by atoms with Crippen LogP contribution in [-0.4, -0.2) is 34.4 Å². The van der Waals surface area contributed by atoms with Crippen molar-refractivity contribution in [2.75, 3.05) is 7.11 Å². The summed E-state index contributed by atoms with van der Waals surface area (Å²) in [7, 11) is 1.55. The number of carbonyl (C=O) groups is 1. The second kappa shape index (κ2) is 13.0. The van der Waals surface area contributed by atoms with Crippen LogP contribution in [0.3, 0.4) is 0 Å². The molecule has 1 aliphatic rings. The van der Waals surface area contributed by atoms with E-state index in [1.54, 1.807) is 92.4 Å². The fraction of sp³-hybridized carbons (Fsp3) is 0.100. The Hall–Kier alpha value is -4.18. The van der Waals surface area contributed by atoms with Gasteiger partial charge < -0.3 is 19.0 Å². The molecule has 41 heavy (non-hydrogen) atoms. The largest absolute Gasteiger partial charge is 0.508 e. The quantitative estimate of drug-likeness (QED) is 0.121. The van der Waals surface area contributed by atoms with E-state index in [0.29, 0.717) is 37.4 Å². The van der Waals surface area contributed by atoms with Crippen LogP contribution in [0.1, 0.15) is 22.5 Å². The van der Waals surface area contributed by atoms with E-state index in [-0.39, 0.29) is 24.8 Å². The first-order chi connectivity index (χ1) is 19.9. The number of phenols is 1. The SMILES string of the molecule is COc1cc(/C=C2\S/C(=N/N=C\c3ccc(O)cc3)N(Cc3ccco3)C2=O)ccc1OCc1ccc(Cl)cc1Cl. The highest BCUT2D eigenvalue weighted by molar-refractivity contribution is 8.18. The molecule has 0 radical (unpaired) electrons. The van der Waals surface area contributed by atoms with Gasteiger partial charge in [0.05, 0.1) is 31.0 Å². The number of amidine groups is 1. The fourth-order valence-electron chi connectivity index (χ4n) is 3.82. The van der Waals surface area contributed by atoms with Gasteiger partial charge >= 0.3 is 0 Å². The summed E-state index contributed by atoms with van der Waals surface area (Å²) in [4.78, 5) is 15.4. The molecule has 1 saturated heterocycles. The molecule has 11 heteroatoms. The summed E-state index contributed by atoms with van der Waals surface area (Å²) in [5, 5.41) is 19.4. The standard InChI is InChI=1S/C30H23Cl2N3O5S/c1-38-27-13-20(6-11-26(27)40-18-21-7-8-22(31)15-25(21)32)14-28-29(37)35(17-24-3-2-12-39-24)30(41-28)34-33-16-19-4-9-23(36)10-5-19/h2-16,36H,17-18H2,1H3/b28-14-,33-16-,34-30+. The Morgan fingerprint density at radius 3 is 2.56 bits per heavy atom. The van der Waals surface area contributed by atoms with Crippen LogP contribution >= 0.6 is 35.0 Å². The number of amides is 1. The van der Waals surface area contributed by atoms with Crippen molar-refractivity contribution in [1.29, 1.82) is 0 Å². The molecule has 208 valence electrons. The highest BCUT2D eigenvalue weighted by atomic mass is 35.5. The smallest absolute Gasteiger partial charge is 0.267 e. The molecule has 0 bridgehead atoms. The minimum atomic E-state index is -0.235. The normalized spacial score (nSPS) is 15.4. The molecule has 0 aliphatic carbocycles. The van der Waals surface area contributed by atoms with Crippen LogP contribution < -0.4 is 9.47 Å². The molecular formula is C30H23Cl2N3O5S. The summed E-state index contributed by atoms with van der Waals surface area (Å²) >= 11 is 13.5. The third kappa shape index (κ3) is 7.13. The molecule has 2 heterocycles. The summed E-state index contributed by atoms with van der Waals surface area (Å²) in [6.45, 7) is 0.431. The highest BCUT2D eigenvalue weighted by Crippen LogP contribution is 2.36. The lowest BCUT2D eigenvalue weighted by atomic mass is 10.1. The van der Waals surface area contributed by atoms with Crippen LogP contribution in [0, 0.1) is 0 Å². The van der Waals surface area contributed by atoms with Crippen LogP contribution in [0.5, 0.6) is 17.2 Å². The lowest BCUT2D eigenvalue weighted by Gasteiger charge is -2.13. The van der Waals surface area contributed by atoms with Crippen molar-refractivity contribution in [3.8, 4) is 17.2 Å². The molecule has 0 unspecified atom stereocenters. The van der Waals surface area contributed by atoms with E-state index in [1.807, 2.05) is 6.07 Å². The van der Waals surface area contributed by atoms with Gasteiger partial charge in [-0.2, -0.15) is 5.10 Å². The maximum absolute atomic E-state index is 13.4. The zero-order chi connectivity index (χ0) is 28.8. The van der Waals surface area contributed by atoms with E-state index >= 15 is 0 Å². The van der Waals surface area contributed by atoms with E-state index in [2.05, 4.69) is 10.2 Å². The molecule has 0 atom stereocenters. The van der Waals surface area contributed by atoms with Gasteiger partial charge in [0, 0.05) is 15.6 Å². The Morgan fingerprint density at radius 1 is 1.02 bits per heavy atom. The molecule has 1 aliphatic heterocycles. The van der Waals surface area contributed by atoms with Crippen LogP contribution in [0.4, 0.5) is 0 Å². The number of thioether (sulfide) groups is 1. The Labute approximate surface area is 250 Å². The minimum absolute atomic E-state index is 0.159. The topological polar surface area (TPSA) is 96.9 Å². The number of nitrogens with zero attached hydrogens (tertiary/aromatic N) is 3. The van der Waals surface area contributed by atoms with Crippen molar-refractivity contribution < 1.29 is 23.8 Å². The fourth-order valence-corrected chi connectivity index (χ4v) is 5.22. The maximum atomic E-state index is 13.4. The van der Waals surface area contributed by atoms with Crippen molar-refractivity contribution in [2.24, 2.45) is 10.2 Å². The molecule has 0 saturated carbocycles. The Bertz CT molecular complexity index is 1640. The van der Waals surface area contributed by atoms with Gasteiger partial charge in [-0.15, -0.1) is 5.10 Å². The van der Waals surface area contributed by atoms with Crippen molar-refractivity contribution >= 4 is 58.3 Å². The van der Waals surface area contributed by atoms with E-state index < -0.39 is 0 Å². The first-order valence-electron chi connectivity index (χ1n) is 12.3. The van der Waals surface area contributed by atoms with Gasteiger partial charge in [-0.1, -0.05) is 35.3 Å². The summed E-state index contributed by atoms with van der Waals surface area (Å²) in [5.41, 5.74) is 2.28. The summed E-state index contributed by atoms with van der Waals surface area (Å²) < 4.78 is 17.0. The lowest BCUT2D eigenvalue weighted by molar-refractivity contribution is -0.122. The number of ether oxygens (including phenoxy) is 2. The van der Waals surface area contributed by atoms with Crippen molar-refractivity contribution in [3.63, 3.8) is 0 Å². The van der Waals surface area contributed by atoms with Crippen molar-refractivity contribution in [2.45, 2.75) is 13.2 Å². The summed E-state index contributed by atoms with van der Waals surface area (Å²) in [6.07, 6.45) is 4.86. The second-order valence-corrected chi connectivity index (χ2v) is 10.6. The number of hydrogen-bond acceptors (Lipinski definition) is 8. The zero-order valence-electron chi connectivity index (χ0n) is 21.7. The van der Waals surface area contributed by atoms with Gasteiger partial charge in [0.1, 0.15) is 18.1 Å². The van der Waals surface area contributed by atoms with E-state index in [1.165, 1.54) is 16.7 Å². The number of methoxy groups -OCH3 is 1. The number of aromatic hydroxyl groups is 1. The number of benzene rings is 3. The van der Waals surface area contributed by atoms with Crippen molar-refractivity contribution in [3.05, 3.63) is 116 Å². The van der Waals surface area contributed by atoms with Gasteiger partial charge in [0.2, 0.25) is 0 Å². The summed E-state index contributed by atoms with van der Waals surface area (Å²) in [6, 6.07) is 20.7. The molecule has 5 rings (SSSR count). The first kappa shape index (κ1) is 28.4. The molecule has 1 aromatic heterocycles. The molecule has 3 aromatic carbocycles. The highest BCUT2D eigenvalue weighted by Gasteiger charge is 2.34. The zero-order valence-corrected chi connectivity index (χ0v) is 24.0. The Balaban J connectivity index is 1.36. The second-order valence-electron chi connectivity index (χ2n) is 8.73.